The third-order valence-electron chi connectivity index (χ3n) is 3.44. The fourth-order valence-corrected chi connectivity index (χ4v) is 2.94. The minimum absolute atomic E-state index is 0.822. The van der Waals surface area contributed by atoms with Gasteiger partial charge in [0.15, 0.2) is 0 Å². The lowest BCUT2D eigenvalue weighted by atomic mass is 10.1. The maximum absolute atomic E-state index is 4.17. The molecule has 0 bridgehead atoms. The second kappa shape index (κ2) is 5.22. The molecule has 0 atom stereocenters. The van der Waals surface area contributed by atoms with Crippen LogP contribution in [0.4, 0.5) is 0 Å². The second-order valence-electron chi connectivity index (χ2n) is 4.80. The number of halogens is 1. The van der Waals surface area contributed by atoms with E-state index < -0.39 is 0 Å². The summed E-state index contributed by atoms with van der Waals surface area (Å²) in [4.78, 5) is 0. The molecule has 0 saturated carbocycles. The Morgan fingerprint density at radius 2 is 2.11 bits per heavy atom. The molecular weight excluding hydrogens is 290 g/mol. The monoisotopic (exact) mass is 305 g/mol. The largest absolute Gasteiger partial charge is 0.248 e. The first-order chi connectivity index (χ1) is 8.85. The van der Waals surface area contributed by atoms with Crippen molar-refractivity contribution in [3.8, 4) is 0 Å². The zero-order valence-corrected chi connectivity index (χ0v) is 11.9. The van der Waals surface area contributed by atoms with Crippen LogP contribution in [0, 0.1) is 0 Å². The smallest absolute Gasteiger partial charge is 0.0835 e. The van der Waals surface area contributed by atoms with E-state index in [9.17, 15) is 0 Å². The van der Waals surface area contributed by atoms with E-state index in [1.54, 1.807) is 0 Å². The van der Waals surface area contributed by atoms with Crippen LogP contribution in [0.1, 0.15) is 28.8 Å². The van der Waals surface area contributed by atoms with Crippen LogP contribution in [0.5, 0.6) is 0 Å². The highest BCUT2D eigenvalue weighted by molar-refractivity contribution is 9.09. The first-order valence-electron chi connectivity index (χ1n) is 6.41. The molecule has 1 heterocycles. The van der Waals surface area contributed by atoms with Gasteiger partial charge in [-0.25, -0.2) is 4.68 Å². The third kappa shape index (κ3) is 2.48. The van der Waals surface area contributed by atoms with Gasteiger partial charge in [0.25, 0.3) is 0 Å². The molecule has 3 nitrogen and oxygen atoms in total. The number of aromatic nitrogens is 3. The van der Waals surface area contributed by atoms with Crippen molar-refractivity contribution in [2.45, 2.75) is 32.2 Å². The zero-order chi connectivity index (χ0) is 12.4. The van der Waals surface area contributed by atoms with Crippen molar-refractivity contribution in [1.82, 2.24) is 15.0 Å². The highest BCUT2D eigenvalue weighted by Gasteiger charge is 2.11. The summed E-state index contributed by atoms with van der Waals surface area (Å²) < 4.78 is 1.93. The summed E-state index contributed by atoms with van der Waals surface area (Å²) >= 11 is 3.42. The van der Waals surface area contributed by atoms with E-state index in [1.165, 1.54) is 36.0 Å². The number of nitrogens with zero attached hydrogens (tertiary/aromatic N) is 3. The third-order valence-corrected chi connectivity index (χ3v) is 3.84. The van der Waals surface area contributed by atoms with Crippen molar-refractivity contribution in [1.29, 1.82) is 0 Å². The predicted molar refractivity (Wildman–Crippen MR) is 75.1 cm³/mol. The Morgan fingerprint density at radius 3 is 3.00 bits per heavy atom. The van der Waals surface area contributed by atoms with Gasteiger partial charge in [-0.15, -0.1) is 5.10 Å². The van der Waals surface area contributed by atoms with E-state index in [0.717, 1.165) is 24.0 Å². The van der Waals surface area contributed by atoms with Gasteiger partial charge in [0.1, 0.15) is 0 Å². The summed E-state index contributed by atoms with van der Waals surface area (Å²) in [6, 6.07) is 6.82. The van der Waals surface area contributed by atoms with Gasteiger partial charge in [-0.1, -0.05) is 39.3 Å². The lowest BCUT2D eigenvalue weighted by Gasteiger charge is -2.04. The van der Waals surface area contributed by atoms with Gasteiger partial charge in [0, 0.05) is 17.9 Å². The Hall–Kier alpha value is -1.16. The Balaban J connectivity index is 1.75. The summed E-state index contributed by atoms with van der Waals surface area (Å²) in [5.74, 6) is 0. The van der Waals surface area contributed by atoms with Crippen LogP contribution >= 0.6 is 15.9 Å². The SMILES string of the molecule is BrCCc1cn(Cc2ccc3c(c2)CCC3)nn1. The highest BCUT2D eigenvalue weighted by Crippen LogP contribution is 2.23. The number of alkyl halides is 1. The van der Waals surface area contributed by atoms with Crippen LogP contribution in [-0.4, -0.2) is 20.3 Å². The van der Waals surface area contributed by atoms with Crippen LogP contribution < -0.4 is 0 Å². The number of aryl methyl sites for hydroxylation is 3. The molecule has 0 fully saturated rings. The zero-order valence-electron chi connectivity index (χ0n) is 10.3. The molecule has 3 rings (SSSR count). The fraction of sp³-hybridized carbons (Fsp3) is 0.429. The van der Waals surface area contributed by atoms with Gasteiger partial charge in [-0.05, 0) is 36.0 Å². The van der Waals surface area contributed by atoms with Crippen LogP contribution in [-0.2, 0) is 25.8 Å². The Labute approximate surface area is 115 Å². The van der Waals surface area contributed by atoms with E-state index in [0.29, 0.717) is 0 Å². The van der Waals surface area contributed by atoms with Gasteiger partial charge >= 0.3 is 0 Å². The van der Waals surface area contributed by atoms with Crippen molar-refractivity contribution in [3.05, 3.63) is 46.8 Å². The van der Waals surface area contributed by atoms with Crippen molar-refractivity contribution < 1.29 is 0 Å². The molecule has 0 radical (unpaired) electrons. The van der Waals surface area contributed by atoms with Gasteiger partial charge in [0.05, 0.1) is 12.2 Å². The van der Waals surface area contributed by atoms with Gasteiger partial charge < -0.3 is 0 Å². The summed E-state index contributed by atoms with van der Waals surface area (Å²) in [6.45, 7) is 0.822. The molecule has 1 aliphatic carbocycles. The van der Waals surface area contributed by atoms with Crippen LogP contribution in [0.25, 0.3) is 0 Å². The molecule has 1 aromatic carbocycles. The Morgan fingerprint density at radius 1 is 1.22 bits per heavy atom. The molecular formula is C14H16BrN3. The van der Waals surface area contributed by atoms with E-state index in [1.807, 2.05) is 10.9 Å². The number of hydrogen-bond acceptors (Lipinski definition) is 2. The number of benzene rings is 1. The maximum Gasteiger partial charge on any atom is 0.0835 e. The molecule has 0 amide bonds. The van der Waals surface area contributed by atoms with Gasteiger partial charge in [-0.2, -0.15) is 0 Å². The molecule has 0 spiro atoms. The molecule has 2 aromatic rings. The van der Waals surface area contributed by atoms with Crippen molar-refractivity contribution in [3.63, 3.8) is 0 Å². The van der Waals surface area contributed by atoms with E-state index in [2.05, 4.69) is 44.4 Å². The summed E-state index contributed by atoms with van der Waals surface area (Å²) in [5.41, 5.74) is 5.42. The maximum atomic E-state index is 4.17. The van der Waals surface area contributed by atoms with Crippen LogP contribution in [0.3, 0.4) is 0 Å². The van der Waals surface area contributed by atoms with Crippen molar-refractivity contribution >= 4 is 15.9 Å². The normalized spacial score (nSPS) is 13.8. The topological polar surface area (TPSA) is 30.7 Å². The quantitative estimate of drug-likeness (QED) is 0.813. The van der Waals surface area contributed by atoms with Gasteiger partial charge in [-0.3, -0.25) is 0 Å². The minimum Gasteiger partial charge on any atom is -0.248 e. The fourth-order valence-electron chi connectivity index (χ4n) is 2.54. The number of rotatable bonds is 4. The molecule has 0 unspecified atom stereocenters. The molecule has 4 heteroatoms. The molecule has 1 aliphatic rings. The number of fused-ring (bicyclic) bond motifs is 1. The average molecular weight is 306 g/mol. The van der Waals surface area contributed by atoms with E-state index in [-0.39, 0.29) is 0 Å². The van der Waals surface area contributed by atoms with Crippen LogP contribution in [0.2, 0.25) is 0 Å². The average Bonchev–Trinajstić information content (AvgIpc) is 2.98. The molecule has 0 N–H and O–H groups in total. The summed E-state index contributed by atoms with van der Waals surface area (Å²) in [6.07, 6.45) is 6.75. The molecule has 94 valence electrons. The van der Waals surface area contributed by atoms with Crippen molar-refractivity contribution in [2.75, 3.05) is 5.33 Å². The summed E-state index contributed by atoms with van der Waals surface area (Å²) in [5, 5.41) is 9.26. The Kier molecular flexibility index (Phi) is 3.46. The second-order valence-corrected chi connectivity index (χ2v) is 5.60. The summed E-state index contributed by atoms with van der Waals surface area (Å²) in [7, 11) is 0. The molecule has 1 aromatic heterocycles. The lowest BCUT2D eigenvalue weighted by Crippen LogP contribution is -2.01. The first kappa shape index (κ1) is 11.9. The lowest BCUT2D eigenvalue weighted by molar-refractivity contribution is 0.649. The molecule has 0 saturated heterocycles. The minimum atomic E-state index is 0.822. The highest BCUT2D eigenvalue weighted by atomic mass is 79.9. The Bertz CT molecular complexity index is 548. The first-order valence-corrected chi connectivity index (χ1v) is 7.53. The van der Waals surface area contributed by atoms with E-state index in [4.69, 9.17) is 0 Å². The van der Waals surface area contributed by atoms with Gasteiger partial charge in [0.2, 0.25) is 0 Å². The number of hydrogen-bond donors (Lipinski definition) is 0. The van der Waals surface area contributed by atoms with Crippen molar-refractivity contribution in [2.24, 2.45) is 0 Å². The van der Waals surface area contributed by atoms with Crippen LogP contribution in [0.15, 0.2) is 24.4 Å². The standard InChI is InChI=1S/C14H16BrN3/c15-7-6-14-10-18(17-16-14)9-11-4-5-12-2-1-3-13(12)8-11/h4-5,8,10H,1-3,6-7,9H2. The predicted octanol–water partition coefficient (Wildman–Crippen LogP) is 2.75. The molecule has 18 heavy (non-hydrogen) atoms. The molecule has 0 aliphatic heterocycles. The van der Waals surface area contributed by atoms with E-state index >= 15 is 0 Å².